The molecule has 24 nitrogen and oxygen atoms in total. The zero-order valence-corrected chi connectivity index (χ0v) is 54.6. The predicted molar refractivity (Wildman–Crippen MR) is 364 cm³/mol. The van der Waals surface area contributed by atoms with Crippen LogP contribution >= 0.6 is 0 Å². The number of amides is 16. The summed E-state index contributed by atoms with van der Waals surface area (Å²) in [6.45, 7) is -1.72. The van der Waals surface area contributed by atoms with Gasteiger partial charge in [0.05, 0.1) is 0 Å². The third kappa shape index (κ3) is 10.4. The minimum absolute atomic E-state index is 0.0310. The van der Waals surface area contributed by atoms with Gasteiger partial charge in [0.2, 0.25) is 0 Å². The molecule has 24 heteroatoms. The quantitative estimate of drug-likeness (QED) is 0.0914. The Balaban J connectivity index is 0.882. The van der Waals surface area contributed by atoms with Crippen LogP contribution < -0.4 is 0 Å². The smallest absolute Gasteiger partial charge is 0.296 e. The normalized spacial score (nSPS) is 24.0. The van der Waals surface area contributed by atoms with Crippen LogP contribution in [0.2, 0.25) is 0 Å². The molecule has 0 aromatic heterocycles. The lowest BCUT2D eigenvalue weighted by molar-refractivity contribution is 0.0397. The lowest BCUT2D eigenvalue weighted by Gasteiger charge is -2.37. The summed E-state index contributed by atoms with van der Waals surface area (Å²) in [7, 11) is 0. The molecule has 9 heterocycles. The van der Waals surface area contributed by atoms with Crippen molar-refractivity contribution in [1.82, 2.24) is 78.4 Å². The Morgan fingerprint density at radius 2 is 0.280 bits per heavy atom. The van der Waals surface area contributed by atoms with Crippen LogP contribution in [0.4, 0.5) is 38.4 Å². The van der Waals surface area contributed by atoms with E-state index in [0.717, 1.165) is 44.5 Å². The summed E-state index contributed by atoms with van der Waals surface area (Å²) in [6.07, 6.45) is -9.19. The molecule has 8 atom stereocenters. The highest BCUT2D eigenvalue weighted by Gasteiger charge is 2.69. The highest BCUT2D eigenvalue weighted by Crippen LogP contribution is 2.47. The summed E-state index contributed by atoms with van der Waals surface area (Å²) < 4.78 is 0. The maximum absolute atomic E-state index is 16.8. The van der Waals surface area contributed by atoms with Crippen molar-refractivity contribution in [2.45, 2.75) is 102 Å². The third-order valence-electron chi connectivity index (χ3n) is 20.9. The zero-order chi connectivity index (χ0) is 67.9. The summed E-state index contributed by atoms with van der Waals surface area (Å²) in [5.41, 5.74) is 6.11. The first-order valence-electron chi connectivity index (χ1n) is 33.8. The molecule has 0 radical (unpaired) electrons. The average molecular weight is 1340 g/mol. The lowest BCUT2D eigenvalue weighted by Crippen LogP contribution is -2.57. The van der Waals surface area contributed by atoms with Gasteiger partial charge < -0.3 is 0 Å². The van der Waals surface area contributed by atoms with E-state index in [2.05, 4.69) is 0 Å². The Bertz CT molecular complexity index is 3610. The highest BCUT2D eigenvalue weighted by molar-refractivity contribution is 5.91. The van der Waals surface area contributed by atoms with Gasteiger partial charge in [-0.1, -0.05) is 243 Å². The lowest BCUT2D eigenvalue weighted by atomic mass is 10.2. The SMILES string of the molecule is O=C1N(Cc2ccccc2)C2C(N1Cc1ccccc1)N1CN3C(=O)N(CN4C(=O)N(CN5C(=O)N(CN2C1=O)C1C5N(Cc2ccccc2)C(=O)N1Cc1ccccc1)C1C4N(Cc2ccccc2)C(=O)N1Cc1ccccc1)C1C3N(Cc2ccccc2)C(=O)N1Cc1ccccc1. The van der Waals surface area contributed by atoms with Crippen molar-refractivity contribution in [3.63, 3.8) is 0 Å². The maximum atomic E-state index is 16.8. The molecular formula is C76H72N16O8. The standard InChI is InChI=1S/C76H72N16O8/c93-69-77(41-53-25-9-1-10-26-53)61-62(78(69)42-54-27-11-2-12-28-54)86-50-88-65-66(82(46-58-35-19-6-20-36-58)71(95)81(65)45-57-33-17-5-18-34-57)90(75(88)99)52-92-68-67(83(47-59-37-21-7-22-38-59)72(96)84(68)48-60-39-23-8-24-40-60)91(76(92)100)51-89-64-63(87(74(89)98)49-85(61)73(86)97)79(43-55-29-13-3-14-30-55)70(94)80(64)44-56-31-15-4-16-32-56/h1-40,61-68H,41-52H2. The minimum Gasteiger partial charge on any atom is -0.296 e. The van der Waals surface area contributed by atoms with Crippen molar-refractivity contribution >= 4 is 48.2 Å². The van der Waals surface area contributed by atoms with Crippen LogP contribution in [-0.4, -0.2) is 203 Å². The van der Waals surface area contributed by atoms with E-state index >= 15 is 38.4 Å². The second-order valence-corrected chi connectivity index (χ2v) is 26.8. The Morgan fingerprint density at radius 3 is 0.390 bits per heavy atom. The van der Waals surface area contributed by atoms with E-state index in [4.69, 9.17) is 0 Å². The van der Waals surface area contributed by atoms with Crippen LogP contribution in [-0.2, 0) is 52.4 Å². The van der Waals surface area contributed by atoms with Gasteiger partial charge in [0.1, 0.15) is 26.7 Å². The van der Waals surface area contributed by atoms with Crippen LogP contribution in [0.15, 0.2) is 243 Å². The second-order valence-electron chi connectivity index (χ2n) is 26.8. The Morgan fingerprint density at radius 1 is 0.170 bits per heavy atom. The molecule has 16 amide bonds. The Kier molecular flexibility index (Phi) is 15.4. The van der Waals surface area contributed by atoms with Gasteiger partial charge in [0.15, 0.2) is 49.3 Å². The van der Waals surface area contributed by atoms with Gasteiger partial charge >= 0.3 is 48.2 Å². The molecule has 8 bridgehead atoms. The number of nitrogens with zero attached hydrogens (tertiary/aromatic N) is 16. The average Bonchev–Trinajstić information content (AvgIpc) is 1.55. The van der Waals surface area contributed by atoms with Crippen LogP contribution in [0.5, 0.6) is 0 Å². The molecule has 9 saturated heterocycles. The molecule has 8 aromatic rings. The molecule has 0 saturated carbocycles. The largest absolute Gasteiger partial charge is 0.326 e. The molecule has 9 fully saturated rings. The number of fused-ring (bicyclic) bond motifs is 20. The first-order chi connectivity index (χ1) is 48.9. The van der Waals surface area contributed by atoms with E-state index < -0.39 is 124 Å². The Hall–Kier alpha value is -12.1. The number of rotatable bonds is 16. The molecule has 100 heavy (non-hydrogen) atoms. The van der Waals surface area contributed by atoms with Crippen molar-refractivity contribution in [1.29, 1.82) is 0 Å². The van der Waals surface area contributed by atoms with Gasteiger partial charge in [-0.3, -0.25) is 78.4 Å². The van der Waals surface area contributed by atoms with Gasteiger partial charge in [0.25, 0.3) is 0 Å². The highest BCUT2D eigenvalue weighted by atomic mass is 16.2. The number of urea groups is 8. The van der Waals surface area contributed by atoms with Crippen LogP contribution in [0.25, 0.3) is 0 Å². The molecule has 8 aromatic carbocycles. The van der Waals surface area contributed by atoms with Crippen LogP contribution in [0.3, 0.4) is 0 Å². The second kappa shape index (κ2) is 25.1. The van der Waals surface area contributed by atoms with E-state index in [1.165, 1.54) is 39.2 Å². The van der Waals surface area contributed by atoms with Crippen molar-refractivity contribution in [3.05, 3.63) is 287 Å². The van der Waals surface area contributed by atoms with E-state index in [-0.39, 0.29) is 52.4 Å². The van der Waals surface area contributed by atoms with E-state index in [9.17, 15) is 0 Å². The molecule has 0 spiro atoms. The van der Waals surface area contributed by atoms with Crippen molar-refractivity contribution in [2.24, 2.45) is 0 Å². The number of hydrogen-bond donors (Lipinski definition) is 0. The molecule has 8 unspecified atom stereocenters. The summed E-state index contributed by atoms with van der Waals surface area (Å²) in [4.78, 5) is 157. The van der Waals surface area contributed by atoms with Crippen LogP contribution in [0.1, 0.15) is 44.5 Å². The maximum Gasteiger partial charge on any atom is 0.326 e. The molecule has 0 aliphatic carbocycles. The van der Waals surface area contributed by atoms with Crippen LogP contribution in [0, 0.1) is 0 Å². The molecule has 0 N–H and O–H groups in total. The number of carbonyl (C=O) groups excluding carboxylic acids is 8. The van der Waals surface area contributed by atoms with Crippen molar-refractivity contribution in [2.75, 3.05) is 26.7 Å². The fraction of sp³-hybridized carbons (Fsp3) is 0.263. The van der Waals surface area contributed by atoms with Gasteiger partial charge in [-0.15, -0.1) is 0 Å². The molecule has 9 aliphatic heterocycles. The topological polar surface area (TPSA) is 188 Å². The summed E-state index contributed by atoms with van der Waals surface area (Å²) in [6, 6.07) is 71.5. The van der Waals surface area contributed by atoms with Crippen molar-refractivity contribution < 1.29 is 38.4 Å². The van der Waals surface area contributed by atoms with Crippen molar-refractivity contribution in [3.8, 4) is 0 Å². The predicted octanol–water partition coefficient (Wildman–Crippen LogP) is 9.94. The number of hydrogen-bond acceptors (Lipinski definition) is 8. The van der Waals surface area contributed by atoms with Gasteiger partial charge in [-0.25, -0.2) is 38.4 Å². The zero-order valence-electron chi connectivity index (χ0n) is 54.6. The monoisotopic (exact) mass is 1340 g/mol. The van der Waals surface area contributed by atoms with Gasteiger partial charge in [-0.2, -0.15) is 0 Å². The molecular weight excluding hydrogens is 1260 g/mol. The summed E-state index contributed by atoms with van der Waals surface area (Å²) >= 11 is 0. The summed E-state index contributed by atoms with van der Waals surface area (Å²) in [5, 5.41) is 0. The van der Waals surface area contributed by atoms with E-state index in [1.807, 2.05) is 243 Å². The minimum atomic E-state index is -1.15. The number of carbonyl (C=O) groups is 8. The molecule has 504 valence electrons. The van der Waals surface area contributed by atoms with Gasteiger partial charge in [0, 0.05) is 52.4 Å². The fourth-order valence-corrected chi connectivity index (χ4v) is 16.4. The fourth-order valence-electron chi connectivity index (χ4n) is 16.4. The van der Waals surface area contributed by atoms with E-state index in [0.29, 0.717) is 0 Å². The Labute approximate surface area is 577 Å². The van der Waals surface area contributed by atoms with E-state index in [1.54, 1.807) is 39.2 Å². The third-order valence-corrected chi connectivity index (χ3v) is 20.9. The summed E-state index contributed by atoms with van der Waals surface area (Å²) in [5.74, 6) is 0. The molecule has 9 aliphatic rings. The van der Waals surface area contributed by atoms with Gasteiger partial charge in [-0.05, 0) is 44.5 Å². The first-order valence-corrected chi connectivity index (χ1v) is 33.8. The molecule has 17 rings (SSSR count). The number of benzene rings is 8. The first kappa shape index (κ1) is 61.5.